The lowest BCUT2D eigenvalue weighted by molar-refractivity contribution is -0.395. The Morgan fingerprint density at radius 2 is 0.519 bits per heavy atom. The van der Waals surface area contributed by atoms with E-state index in [0.717, 1.165) is 18.2 Å². The zero-order valence-corrected chi connectivity index (χ0v) is 39.9. The van der Waals surface area contributed by atoms with Gasteiger partial charge in [-0.05, 0) is 12.1 Å². The molecule has 0 spiro atoms. The van der Waals surface area contributed by atoms with Gasteiger partial charge in [-0.1, -0.05) is 6.07 Å². The van der Waals surface area contributed by atoms with Crippen molar-refractivity contribution in [2.75, 3.05) is 39.6 Å². The van der Waals surface area contributed by atoms with Gasteiger partial charge in [-0.15, -0.1) is 0 Å². The fraction of sp³-hybridized carbons (Fsp3) is 0.837. The van der Waals surface area contributed by atoms with Crippen LogP contribution in [0.2, 0.25) is 0 Å². The number of carbonyl (C=O) groups excluding carboxylic acids is 2. The molecule has 6 fully saturated rings. The van der Waals surface area contributed by atoms with Crippen molar-refractivity contribution >= 4 is 11.9 Å². The summed E-state index contributed by atoms with van der Waals surface area (Å²) in [6.07, 6.45) is -60.3. The first kappa shape index (κ1) is 60.0. The number of carbonyl (C=O) groups is 2. The number of nitrogens with zero attached hydrogens (tertiary/aromatic N) is 1. The standard InChI is InChI=1S/C43H63NO33/c45-4-12-30-18(51)24(57)38(65-12)72-31-13(5-46)66-39(25(58)19(31)52)73-32-14(6-47)67-40(26(59)20(32)53)74-33-15(7-48)68-41(27(60)21(33)54)75-34-16(8-49)69-42(28(61)22(34)55)76-35-17(9-50)70-43(29(62)23(35)56)77-37(64)11-3-1-2-10(44-11)36(63)71-30/h1-3,12-35,38-43,45-62H,4-9H2/t12-,13-,14-,15-,16-,17-,18-,19-,20-,21-,22-,23-,24-,25-,26-,27-,28-,29-,30-,31-,32-,33-,34-,35-,38-,39-,40-,41-,42-,43?/m1/s1. The predicted octanol–water partition coefficient (Wildman–Crippen LogP) is -12.7. The predicted molar refractivity (Wildman–Crippen MR) is 230 cm³/mol. The van der Waals surface area contributed by atoms with E-state index < -0.39 is 247 Å². The number of aliphatic hydroxyl groups is 18. The van der Waals surface area contributed by atoms with Crippen molar-refractivity contribution in [1.82, 2.24) is 4.98 Å². The molecule has 14 bridgehead atoms. The maximum Gasteiger partial charge on any atom is 0.359 e. The van der Waals surface area contributed by atoms with E-state index in [0.29, 0.717) is 0 Å². The second kappa shape index (κ2) is 25.4. The Morgan fingerprint density at radius 1 is 0.299 bits per heavy atom. The molecule has 15 aliphatic heterocycles. The Labute approximate surface area is 433 Å². The molecule has 0 aromatic carbocycles. The summed E-state index contributed by atoms with van der Waals surface area (Å²) >= 11 is 0. The molecule has 438 valence electrons. The van der Waals surface area contributed by atoms with Crippen LogP contribution in [0.5, 0.6) is 0 Å². The van der Waals surface area contributed by atoms with Crippen LogP contribution >= 0.6 is 0 Å². The quantitative estimate of drug-likeness (QED) is 0.118. The minimum atomic E-state index is -2.22. The first-order chi connectivity index (χ1) is 36.7. The summed E-state index contributed by atoms with van der Waals surface area (Å²) in [6, 6.07) is 3.15. The molecular weight excluding hydrogens is 1060 g/mol. The molecule has 16 heterocycles. The molecule has 34 heteroatoms. The summed E-state index contributed by atoms with van der Waals surface area (Å²) in [4.78, 5) is 30.7. The molecule has 6 saturated heterocycles. The number of aliphatic hydroxyl groups excluding tert-OH is 18. The average Bonchev–Trinajstić information content (AvgIpc) is 3.44. The number of aromatic nitrogens is 1. The van der Waals surface area contributed by atoms with Crippen molar-refractivity contribution in [3.05, 3.63) is 29.6 Å². The average molecular weight is 1120 g/mol. The highest BCUT2D eigenvalue weighted by Gasteiger charge is 2.58. The van der Waals surface area contributed by atoms with Gasteiger partial charge in [0.1, 0.15) is 152 Å². The Kier molecular flexibility index (Phi) is 19.8. The summed E-state index contributed by atoms with van der Waals surface area (Å²) in [5.74, 6) is -2.81. The minimum absolute atomic E-state index is 0.657. The smallest absolute Gasteiger partial charge is 0.359 e. The molecule has 15 aliphatic rings. The van der Waals surface area contributed by atoms with Gasteiger partial charge in [0.15, 0.2) is 37.6 Å². The SMILES string of the molecule is O=C1OC2O[C@H](CO)[C@@H](O[C@H]3O[C@H](CO)[C@@H](O[C@H]4O[C@H](CO)[C@@H](O[C@H]5O[C@H](CO)[C@@H](O[C@H]6O[C@H](CO)[C@@H](O[C@H]7O[C@H](CO)[C@@H](OC(=O)c8cccc1n8)[C@H](O)[C@H]7O)[C@H](O)[C@H]6O)[C@H](O)[C@H]5O)[C@H](O)[C@H]4O)[C@H](O)[C@H]3O)[C@H](O)[C@H]2O. The Balaban J connectivity index is 1.07. The second-order valence-electron chi connectivity index (χ2n) is 18.9. The molecule has 0 radical (unpaired) electrons. The highest BCUT2D eigenvalue weighted by molar-refractivity contribution is 5.91. The lowest BCUT2D eigenvalue weighted by atomic mass is 9.95. The van der Waals surface area contributed by atoms with Gasteiger partial charge in [-0.3, -0.25) is 0 Å². The van der Waals surface area contributed by atoms with Crippen molar-refractivity contribution in [2.24, 2.45) is 0 Å². The van der Waals surface area contributed by atoms with Gasteiger partial charge in [0.25, 0.3) is 0 Å². The molecule has 1 aromatic heterocycles. The number of fused-ring (bicyclic) bond motifs is 2. The molecule has 1 aromatic rings. The lowest BCUT2D eigenvalue weighted by Crippen LogP contribution is -2.68. The zero-order chi connectivity index (χ0) is 55.9. The molecule has 1 unspecified atom stereocenters. The van der Waals surface area contributed by atoms with Crippen LogP contribution in [0.3, 0.4) is 0 Å². The summed E-state index contributed by atoms with van der Waals surface area (Å²) in [7, 11) is 0. The van der Waals surface area contributed by atoms with Gasteiger partial charge in [-0.2, -0.15) is 0 Å². The molecule has 0 aliphatic carbocycles. The molecule has 0 amide bonds. The molecule has 16 rings (SSSR count). The maximum absolute atomic E-state index is 13.4. The maximum atomic E-state index is 13.4. The fourth-order valence-corrected chi connectivity index (χ4v) is 9.75. The van der Waals surface area contributed by atoms with Gasteiger partial charge in [0.2, 0.25) is 6.29 Å². The van der Waals surface area contributed by atoms with E-state index in [1.54, 1.807) is 0 Å². The second-order valence-corrected chi connectivity index (χ2v) is 18.9. The van der Waals surface area contributed by atoms with E-state index in [9.17, 15) is 102 Å². The molecule has 18 N–H and O–H groups in total. The number of esters is 2. The minimum Gasteiger partial charge on any atom is -0.452 e. The molecular formula is C43H63NO33. The Bertz CT molecular complexity index is 2090. The number of hydrogen-bond donors (Lipinski definition) is 18. The van der Waals surface area contributed by atoms with E-state index in [4.69, 9.17) is 61.6 Å². The van der Waals surface area contributed by atoms with E-state index in [1.165, 1.54) is 0 Å². The fourth-order valence-electron chi connectivity index (χ4n) is 9.75. The topological polar surface area (TPSA) is 531 Å². The van der Waals surface area contributed by atoms with Crippen molar-refractivity contribution in [1.29, 1.82) is 0 Å². The first-order valence-corrected chi connectivity index (χ1v) is 24.1. The van der Waals surface area contributed by atoms with Crippen LogP contribution in [0.15, 0.2) is 18.2 Å². The largest absolute Gasteiger partial charge is 0.452 e. The monoisotopic (exact) mass is 1120 g/mol. The number of hydrogen-bond acceptors (Lipinski definition) is 34. The zero-order valence-electron chi connectivity index (χ0n) is 39.9. The van der Waals surface area contributed by atoms with Gasteiger partial charge >= 0.3 is 11.9 Å². The molecule has 0 saturated carbocycles. The van der Waals surface area contributed by atoms with Crippen molar-refractivity contribution < 1.29 is 163 Å². The summed E-state index contributed by atoms with van der Waals surface area (Å²) < 4.78 is 72.6. The summed E-state index contributed by atoms with van der Waals surface area (Å²) in [6.45, 7) is -6.27. The van der Waals surface area contributed by atoms with Crippen LogP contribution in [-0.4, -0.2) is 333 Å². The van der Waals surface area contributed by atoms with Gasteiger partial charge in [0, 0.05) is 0 Å². The van der Waals surface area contributed by atoms with Gasteiger partial charge in [0.05, 0.1) is 39.6 Å². The third kappa shape index (κ3) is 12.0. The van der Waals surface area contributed by atoms with E-state index in [2.05, 4.69) is 4.98 Å². The number of pyridine rings is 1. The highest BCUT2D eigenvalue weighted by atomic mass is 16.8. The third-order valence-electron chi connectivity index (χ3n) is 14.0. The van der Waals surface area contributed by atoms with Crippen molar-refractivity contribution in [2.45, 2.75) is 184 Å². The van der Waals surface area contributed by atoms with Crippen LogP contribution in [0, 0.1) is 0 Å². The molecule has 77 heavy (non-hydrogen) atoms. The van der Waals surface area contributed by atoms with E-state index in [1.807, 2.05) is 0 Å². The van der Waals surface area contributed by atoms with Crippen LogP contribution in [0.25, 0.3) is 0 Å². The Morgan fingerprint density at radius 3 is 0.792 bits per heavy atom. The third-order valence-corrected chi connectivity index (χ3v) is 14.0. The number of rotatable bonds is 6. The van der Waals surface area contributed by atoms with Crippen molar-refractivity contribution in [3.63, 3.8) is 0 Å². The molecule has 30 atom stereocenters. The van der Waals surface area contributed by atoms with E-state index >= 15 is 0 Å². The summed E-state index contributed by atoms with van der Waals surface area (Å²) in [5.41, 5.74) is -1.32. The van der Waals surface area contributed by atoms with Crippen molar-refractivity contribution in [3.8, 4) is 0 Å². The van der Waals surface area contributed by atoms with Gasteiger partial charge < -0.3 is 153 Å². The van der Waals surface area contributed by atoms with Crippen LogP contribution in [0.4, 0.5) is 0 Å². The van der Waals surface area contributed by atoms with Crippen LogP contribution < -0.4 is 0 Å². The van der Waals surface area contributed by atoms with Crippen LogP contribution in [0.1, 0.15) is 21.0 Å². The van der Waals surface area contributed by atoms with Gasteiger partial charge in [-0.25, -0.2) is 14.6 Å². The van der Waals surface area contributed by atoms with Crippen LogP contribution in [-0.2, 0) is 61.6 Å². The number of ether oxygens (including phenoxy) is 13. The highest BCUT2D eigenvalue weighted by Crippen LogP contribution is 2.37. The Hall–Kier alpha value is -3.07. The molecule has 34 nitrogen and oxygen atoms in total. The van der Waals surface area contributed by atoms with E-state index in [-0.39, 0.29) is 0 Å². The lowest BCUT2D eigenvalue weighted by Gasteiger charge is -2.50. The normalized spacial score (nSPS) is 49.4. The first-order valence-electron chi connectivity index (χ1n) is 24.1. The summed E-state index contributed by atoms with van der Waals surface area (Å²) in [5, 5.41) is 196.